The molecule has 0 aliphatic carbocycles. The summed E-state index contributed by atoms with van der Waals surface area (Å²) in [5, 5.41) is 8.73. The number of benzene rings is 1. The maximum Gasteiger partial charge on any atom is 0.303 e. The second-order valence-corrected chi connectivity index (χ2v) is 6.28. The zero-order valence-electron chi connectivity index (χ0n) is 11.0. The summed E-state index contributed by atoms with van der Waals surface area (Å²) in [6.45, 7) is 2.23. The first kappa shape index (κ1) is 14.9. The molecule has 0 fully saturated rings. The first-order valence-corrected chi connectivity index (χ1v) is 7.17. The Morgan fingerprint density at radius 1 is 1.17 bits per heavy atom. The average molecular weight is 272 g/mol. The van der Waals surface area contributed by atoms with Crippen molar-refractivity contribution in [2.24, 2.45) is 0 Å². The van der Waals surface area contributed by atoms with Gasteiger partial charge in [-0.25, -0.2) is 0 Å². The van der Waals surface area contributed by atoms with Crippen molar-refractivity contribution < 1.29 is 13.5 Å². The van der Waals surface area contributed by atoms with Crippen molar-refractivity contribution in [2.45, 2.75) is 13.3 Å². The second-order valence-electron chi connectivity index (χ2n) is 4.21. The van der Waals surface area contributed by atoms with Gasteiger partial charge in [-0.2, -0.15) is 12.7 Å². The molecule has 1 aromatic rings. The van der Waals surface area contributed by atoms with Crippen LogP contribution in [0.5, 0.6) is 0 Å². The fourth-order valence-corrected chi connectivity index (χ4v) is 2.67. The van der Waals surface area contributed by atoms with E-state index in [2.05, 4.69) is 0 Å². The van der Waals surface area contributed by atoms with E-state index in [0.29, 0.717) is 18.7 Å². The van der Waals surface area contributed by atoms with Crippen LogP contribution in [0.4, 0.5) is 5.69 Å². The lowest BCUT2D eigenvalue weighted by Gasteiger charge is -2.25. The molecule has 6 heteroatoms. The SMILES string of the molecule is Cc1ccc(N(C)S(=O)(=O)N(C)CCCO)cc1. The first-order chi connectivity index (χ1) is 8.39. The Labute approximate surface area is 109 Å². The fraction of sp³-hybridized carbons (Fsp3) is 0.500. The molecule has 0 aromatic heterocycles. The minimum absolute atomic E-state index is 0.0197. The van der Waals surface area contributed by atoms with Gasteiger partial charge < -0.3 is 5.11 Å². The first-order valence-electron chi connectivity index (χ1n) is 5.77. The maximum atomic E-state index is 12.2. The highest BCUT2D eigenvalue weighted by molar-refractivity contribution is 7.90. The third-order valence-electron chi connectivity index (χ3n) is 2.77. The molecule has 0 heterocycles. The van der Waals surface area contributed by atoms with E-state index in [9.17, 15) is 8.42 Å². The zero-order chi connectivity index (χ0) is 13.8. The highest BCUT2D eigenvalue weighted by atomic mass is 32.2. The number of rotatable bonds is 6. The van der Waals surface area contributed by atoms with Crippen molar-refractivity contribution in [1.29, 1.82) is 0 Å². The molecule has 0 unspecified atom stereocenters. The van der Waals surface area contributed by atoms with Crippen LogP contribution in [-0.4, -0.2) is 45.1 Å². The summed E-state index contributed by atoms with van der Waals surface area (Å²) in [6, 6.07) is 7.28. The summed E-state index contributed by atoms with van der Waals surface area (Å²) in [7, 11) is -0.489. The fourth-order valence-electron chi connectivity index (χ4n) is 1.51. The van der Waals surface area contributed by atoms with E-state index in [1.54, 1.807) is 12.1 Å². The average Bonchev–Trinajstić information content (AvgIpc) is 2.35. The van der Waals surface area contributed by atoms with Gasteiger partial charge >= 0.3 is 10.2 Å². The van der Waals surface area contributed by atoms with E-state index in [1.165, 1.54) is 22.7 Å². The summed E-state index contributed by atoms with van der Waals surface area (Å²) < 4.78 is 26.9. The molecule has 18 heavy (non-hydrogen) atoms. The van der Waals surface area contributed by atoms with Crippen molar-refractivity contribution in [2.75, 3.05) is 31.6 Å². The predicted molar refractivity (Wildman–Crippen MR) is 72.8 cm³/mol. The van der Waals surface area contributed by atoms with Crippen LogP contribution in [0.25, 0.3) is 0 Å². The Bertz CT molecular complexity index is 471. The third-order valence-corrected chi connectivity index (χ3v) is 4.64. The standard InChI is InChI=1S/C12H20N2O3S/c1-11-5-7-12(8-6-11)14(3)18(16,17)13(2)9-4-10-15/h5-8,15H,4,9-10H2,1-3H3. The molecule has 102 valence electrons. The van der Waals surface area contributed by atoms with E-state index < -0.39 is 10.2 Å². The molecule has 0 bridgehead atoms. The van der Waals surface area contributed by atoms with Gasteiger partial charge in [-0.3, -0.25) is 4.31 Å². The molecule has 0 aliphatic rings. The Morgan fingerprint density at radius 3 is 2.22 bits per heavy atom. The van der Waals surface area contributed by atoms with Crippen molar-refractivity contribution in [3.8, 4) is 0 Å². The van der Waals surface area contributed by atoms with Crippen molar-refractivity contribution in [3.63, 3.8) is 0 Å². The zero-order valence-corrected chi connectivity index (χ0v) is 11.8. The molecule has 0 atom stereocenters. The summed E-state index contributed by atoms with van der Waals surface area (Å²) >= 11 is 0. The number of anilines is 1. The molecule has 1 N–H and O–H groups in total. The van der Waals surface area contributed by atoms with Crippen LogP contribution >= 0.6 is 0 Å². The minimum Gasteiger partial charge on any atom is -0.396 e. The van der Waals surface area contributed by atoms with E-state index in [1.807, 2.05) is 19.1 Å². The molecule has 0 spiro atoms. The second kappa shape index (κ2) is 6.17. The van der Waals surface area contributed by atoms with Crippen LogP contribution in [0.3, 0.4) is 0 Å². The van der Waals surface area contributed by atoms with E-state index in [0.717, 1.165) is 5.56 Å². The smallest absolute Gasteiger partial charge is 0.303 e. The van der Waals surface area contributed by atoms with Crippen LogP contribution in [-0.2, 0) is 10.2 Å². The van der Waals surface area contributed by atoms with Gasteiger partial charge in [0.2, 0.25) is 0 Å². The monoisotopic (exact) mass is 272 g/mol. The molecule has 0 saturated heterocycles. The van der Waals surface area contributed by atoms with Crippen LogP contribution in [0.2, 0.25) is 0 Å². The van der Waals surface area contributed by atoms with E-state index in [4.69, 9.17) is 5.11 Å². The summed E-state index contributed by atoms with van der Waals surface area (Å²) in [5.74, 6) is 0. The van der Waals surface area contributed by atoms with Gasteiger partial charge in [0.15, 0.2) is 0 Å². The molecule has 0 amide bonds. The van der Waals surface area contributed by atoms with Gasteiger partial charge in [-0.1, -0.05) is 17.7 Å². The van der Waals surface area contributed by atoms with Gasteiger partial charge in [0, 0.05) is 27.2 Å². The van der Waals surface area contributed by atoms with Gasteiger partial charge in [-0.15, -0.1) is 0 Å². The van der Waals surface area contributed by atoms with Gasteiger partial charge in [0.25, 0.3) is 0 Å². The Kier molecular flexibility index (Phi) is 5.13. The van der Waals surface area contributed by atoms with Gasteiger partial charge in [0.1, 0.15) is 0 Å². The van der Waals surface area contributed by atoms with Gasteiger partial charge in [-0.05, 0) is 25.5 Å². The molecular formula is C12H20N2O3S. The van der Waals surface area contributed by atoms with Crippen LogP contribution in [0.1, 0.15) is 12.0 Å². The highest BCUT2D eigenvalue weighted by Gasteiger charge is 2.23. The molecule has 0 radical (unpaired) electrons. The molecule has 1 aromatic carbocycles. The van der Waals surface area contributed by atoms with Crippen molar-refractivity contribution in [1.82, 2.24) is 4.31 Å². The molecule has 0 saturated carbocycles. The Balaban J connectivity index is 2.87. The largest absolute Gasteiger partial charge is 0.396 e. The van der Waals surface area contributed by atoms with Crippen molar-refractivity contribution >= 4 is 15.9 Å². The maximum absolute atomic E-state index is 12.2. The number of nitrogens with zero attached hydrogens (tertiary/aromatic N) is 2. The normalized spacial score (nSPS) is 11.8. The van der Waals surface area contributed by atoms with E-state index in [-0.39, 0.29) is 6.61 Å². The summed E-state index contributed by atoms with van der Waals surface area (Å²) in [4.78, 5) is 0. The van der Waals surface area contributed by atoms with Crippen LogP contribution in [0.15, 0.2) is 24.3 Å². The quantitative estimate of drug-likeness (QED) is 0.840. The third kappa shape index (κ3) is 3.44. The number of aliphatic hydroxyl groups excluding tert-OH is 1. The van der Waals surface area contributed by atoms with E-state index >= 15 is 0 Å². The van der Waals surface area contributed by atoms with Crippen molar-refractivity contribution in [3.05, 3.63) is 29.8 Å². The topological polar surface area (TPSA) is 60.9 Å². The summed E-state index contributed by atoms with van der Waals surface area (Å²) in [6.07, 6.45) is 0.428. The molecule has 5 nitrogen and oxygen atoms in total. The molecule has 1 rings (SSSR count). The number of aliphatic hydroxyl groups is 1. The lowest BCUT2D eigenvalue weighted by Crippen LogP contribution is -2.40. The summed E-state index contributed by atoms with van der Waals surface area (Å²) in [5.41, 5.74) is 1.70. The van der Waals surface area contributed by atoms with Crippen LogP contribution < -0.4 is 4.31 Å². The Hall–Kier alpha value is -1.11. The lowest BCUT2D eigenvalue weighted by molar-refractivity contribution is 0.275. The Morgan fingerprint density at radius 2 is 1.72 bits per heavy atom. The number of aryl methyl sites for hydroxylation is 1. The minimum atomic E-state index is -3.52. The van der Waals surface area contributed by atoms with Gasteiger partial charge in [0.05, 0.1) is 5.69 Å². The highest BCUT2D eigenvalue weighted by Crippen LogP contribution is 2.18. The molecule has 0 aliphatic heterocycles. The number of hydrogen-bond acceptors (Lipinski definition) is 3. The number of hydrogen-bond donors (Lipinski definition) is 1. The predicted octanol–water partition coefficient (Wildman–Crippen LogP) is 0.990. The lowest BCUT2D eigenvalue weighted by atomic mass is 10.2. The molecular weight excluding hydrogens is 252 g/mol. The van der Waals surface area contributed by atoms with Crippen LogP contribution in [0, 0.1) is 6.92 Å².